The lowest BCUT2D eigenvalue weighted by Crippen LogP contribution is -2.15. The molecule has 32 heavy (non-hydrogen) atoms. The monoisotopic (exact) mass is 472 g/mol. The Labute approximate surface area is 198 Å². The number of carbonyl (C=O) groups excluding carboxylic acids is 1. The fourth-order valence-corrected chi connectivity index (χ4v) is 4.22. The number of nitrogens with zero attached hydrogens (tertiary/aromatic N) is 3. The number of hydrogen-bond donors (Lipinski definition) is 1. The topological polar surface area (TPSA) is 69.0 Å². The Hall–Kier alpha value is -2.51. The van der Waals surface area contributed by atoms with Gasteiger partial charge in [0.2, 0.25) is 5.91 Å². The summed E-state index contributed by atoms with van der Waals surface area (Å²) in [4.78, 5) is 12.6. The predicted molar refractivity (Wildman–Crippen MR) is 132 cm³/mol. The Morgan fingerprint density at radius 3 is 2.47 bits per heavy atom. The molecule has 8 heteroatoms. The Balaban J connectivity index is 1.72. The van der Waals surface area contributed by atoms with Gasteiger partial charge in [0.1, 0.15) is 5.75 Å². The van der Waals surface area contributed by atoms with Gasteiger partial charge < -0.3 is 14.6 Å². The number of hydrogen-bond acceptors (Lipinski definition) is 5. The van der Waals surface area contributed by atoms with Gasteiger partial charge in [0, 0.05) is 23.2 Å². The van der Waals surface area contributed by atoms with Gasteiger partial charge in [0.15, 0.2) is 11.0 Å². The average molecular weight is 473 g/mol. The molecule has 0 unspecified atom stereocenters. The molecule has 0 aliphatic carbocycles. The van der Waals surface area contributed by atoms with Gasteiger partial charge in [0.25, 0.3) is 0 Å². The first-order chi connectivity index (χ1) is 15.1. The van der Waals surface area contributed by atoms with Crippen LogP contribution in [-0.2, 0) is 16.8 Å². The Morgan fingerprint density at radius 1 is 1.19 bits per heavy atom. The summed E-state index contributed by atoms with van der Waals surface area (Å²) in [6, 6.07) is 11.9. The fourth-order valence-electron chi connectivity index (χ4n) is 3.26. The van der Waals surface area contributed by atoms with Crippen LogP contribution in [0.5, 0.6) is 5.75 Å². The molecule has 3 aromatic rings. The summed E-state index contributed by atoms with van der Waals surface area (Å²) in [5.41, 5.74) is 3.82. The van der Waals surface area contributed by atoms with Gasteiger partial charge in [-0.15, -0.1) is 10.2 Å². The summed E-state index contributed by atoms with van der Waals surface area (Å²) < 4.78 is 7.36. The minimum absolute atomic E-state index is 0.0939. The summed E-state index contributed by atoms with van der Waals surface area (Å²) in [5, 5.41) is 12.9. The number of halogens is 1. The molecule has 1 N–H and O–H groups in total. The van der Waals surface area contributed by atoms with E-state index in [2.05, 4.69) is 60.6 Å². The highest BCUT2D eigenvalue weighted by molar-refractivity contribution is 7.99. The van der Waals surface area contributed by atoms with E-state index < -0.39 is 0 Å². The van der Waals surface area contributed by atoms with Crippen LogP contribution in [0.4, 0.5) is 5.69 Å². The van der Waals surface area contributed by atoms with Crippen LogP contribution in [0.3, 0.4) is 0 Å². The molecular formula is C24H29ClN4O2S. The van der Waals surface area contributed by atoms with Crippen molar-refractivity contribution in [2.45, 2.75) is 51.7 Å². The van der Waals surface area contributed by atoms with Gasteiger partial charge in [-0.2, -0.15) is 0 Å². The Morgan fingerprint density at radius 2 is 1.88 bits per heavy atom. The summed E-state index contributed by atoms with van der Waals surface area (Å²) in [6.45, 7) is 11.2. The molecular weight excluding hydrogens is 444 g/mol. The van der Waals surface area contributed by atoms with Crippen molar-refractivity contribution in [2.24, 2.45) is 0 Å². The van der Waals surface area contributed by atoms with E-state index in [0.717, 1.165) is 17.0 Å². The molecule has 0 fully saturated rings. The van der Waals surface area contributed by atoms with Crippen LogP contribution >= 0.6 is 23.4 Å². The van der Waals surface area contributed by atoms with E-state index in [1.54, 1.807) is 19.2 Å². The highest BCUT2D eigenvalue weighted by Crippen LogP contribution is 2.32. The maximum absolute atomic E-state index is 12.6. The number of aromatic nitrogens is 3. The minimum Gasteiger partial charge on any atom is -0.495 e. The third-order valence-electron chi connectivity index (χ3n) is 5.13. The molecule has 6 nitrogen and oxygen atoms in total. The van der Waals surface area contributed by atoms with Crippen molar-refractivity contribution in [3.63, 3.8) is 0 Å². The number of benzene rings is 2. The molecule has 3 rings (SSSR count). The lowest BCUT2D eigenvalue weighted by molar-refractivity contribution is -0.113. The van der Waals surface area contributed by atoms with Crippen LogP contribution in [0.25, 0.3) is 11.4 Å². The molecule has 0 aliphatic rings. The SMILES string of the molecule is CCn1c(SCC(=O)Nc2cc(C)c(Cl)cc2OC)nnc1-c1ccc(C(C)(C)C)cc1. The minimum atomic E-state index is -0.156. The number of ether oxygens (including phenoxy) is 1. The third-order valence-corrected chi connectivity index (χ3v) is 6.50. The van der Waals surface area contributed by atoms with Gasteiger partial charge in [-0.25, -0.2) is 0 Å². The molecule has 0 aliphatic heterocycles. The van der Waals surface area contributed by atoms with Crippen molar-refractivity contribution in [3.05, 3.63) is 52.5 Å². The van der Waals surface area contributed by atoms with Gasteiger partial charge in [-0.1, -0.05) is 68.4 Å². The second-order valence-corrected chi connectivity index (χ2v) is 9.87. The molecule has 0 saturated heterocycles. The zero-order chi connectivity index (χ0) is 23.5. The van der Waals surface area contributed by atoms with Crippen molar-refractivity contribution >= 4 is 35.0 Å². The van der Waals surface area contributed by atoms with E-state index in [9.17, 15) is 4.79 Å². The number of rotatable bonds is 7. The molecule has 0 atom stereocenters. The van der Waals surface area contributed by atoms with Crippen LogP contribution < -0.4 is 10.1 Å². The number of nitrogens with one attached hydrogen (secondary N) is 1. The lowest BCUT2D eigenvalue weighted by atomic mass is 9.87. The number of anilines is 1. The zero-order valence-electron chi connectivity index (χ0n) is 19.3. The average Bonchev–Trinajstić information content (AvgIpc) is 3.17. The normalized spacial score (nSPS) is 11.5. The maximum atomic E-state index is 12.6. The number of aryl methyl sites for hydroxylation is 1. The molecule has 1 amide bonds. The van der Waals surface area contributed by atoms with Gasteiger partial charge >= 0.3 is 0 Å². The second kappa shape index (κ2) is 9.96. The molecule has 1 heterocycles. The first-order valence-electron chi connectivity index (χ1n) is 10.4. The van der Waals surface area contributed by atoms with Crippen molar-refractivity contribution in [3.8, 4) is 17.1 Å². The Kier molecular flexibility index (Phi) is 7.51. The predicted octanol–water partition coefficient (Wildman–Crippen LogP) is 5.96. The maximum Gasteiger partial charge on any atom is 0.234 e. The van der Waals surface area contributed by atoms with E-state index >= 15 is 0 Å². The van der Waals surface area contributed by atoms with Crippen molar-refractivity contribution in [1.29, 1.82) is 0 Å². The standard InChI is InChI=1S/C24H29ClN4O2S/c1-7-29-22(16-8-10-17(11-9-16)24(3,4)5)27-28-23(29)32-14-21(30)26-19-12-15(2)18(25)13-20(19)31-6/h8-13H,7,14H2,1-6H3,(H,26,30). The summed E-state index contributed by atoms with van der Waals surface area (Å²) >= 11 is 7.50. The summed E-state index contributed by atoms with van der Waals surface area (Å²) in [5.74, 6) is 1.37. The number of carbonyl (C=O) groups is 1. The fraction of sp³-hybridized carbons (Fsp3) is 0.375. The number of methoxy groups -OCH3 is 1. The largest absolute Gasteiger partial charge is 0.495 e. The highest BCUT2D eigenvalue weighted by Gasteiger charge is 2.18. The first-order valence-corrected chi connectivity index (χ1v) is 11.8. The van der Waals surface area contributed by atoms with E-state index in [0.29, 0.717) is 28.2 Å². The second-order valence-electron chi connectivity index (χ2n) is 8.52. The van der Waals surface area contributed by atoms with Gasteiger partial charge in [-0.05, 0) is 36.5 Å². The van der Waals surface area contributed by atoms with Crippen molar-refractivity contribution in [1.82, 2.24) is 14.8 Å². The van der Waals surface area contributed by atoms with Crippen LogP contribution in [0.15, 0.2) is 41.6 Å². The quantitative estimate of drug-likeness (QED) is 0.429. The van der Waals surface area contributed by atoms with Gasteiger partial charge in [-0.3, -0.25) is 4.79 Å². The van der Waals surface area contributed by atoms with Crippen LogP contribution in [0.1, 0.15) is 38.8 Å². The summed E-state index contributed by atoms with van der Waals surface area (Å²) in [7, 11) is 1.55. The van der Waals surface area contributed by atoms with Gasteiger partial charge in [0.05, 0.1) is 18.6 Å². The molecule has 0 bridgehead atoms. The van der Waals surface area contributed by atoms with E-state index in [4.69, 9.17) is 16.3 Å². The number of thioether (sulfide) groups is 1. The van der Waals surface area contributed by atoms with Crippen molar-refractivity contribution in [2.75, 3.05) is 18.2 Å². The smallest absolute Gasteiger partial charge is 0.234 e. The van der Waals surface area contributed by atoms with Crippen LogP contribution in [0.2, 0.25) is 5.02 Å². The van der Waals surface area contributed by atoms with E-state index in [1.807, 2.05) is 18.4 Å². The molecule has 0 saturated carbocycles. The van der Waals surface area contributed by atoms with Crippen LogP contribution in [0, 0.1) is 6.92 Å². The molecule has 170 valence electrons. The van der Waals surface area contributed by atoms with Crippen molar-refractivity contribution < 1.29 is 9.53 Å². The highest BCUT2D eigenvalue weighted by atomic mass is 35.5. The lowest BCUT2D eigenvalue weighted by Gasteiger charge is -2.19. The zero-order valence-corrected chi connectivity index (χ0v) is 20.9. The molecule has 1 aromatic heterocycles. The molecule has 0 radical (unpaired) electrons. The van der Waals surface area contributed by atoms with Crippen LogP contribution in [-0.4, -0.2) is 33.5 Å². The summed E-state index contributed by atoms with van der Waals surface area (Å²) in [6.07, 6.45) is 0. The molecule has 2 aromatic carbocycles. The first kappa shape index (κ1) is 24.1. The van der Waals surface area contributed by atoms with E-state index in [1.165, 1.54) is 17.3 Å². The van der Waals surface area contributed by atoms with E-state index in [-0.39, 0.29) is 17.1 Å². The number of amides is 1. The third kappa shape index (κ3) is 5.45. The molecule has 0 spiro atoms. The Bertz CT molecular complexity index is 1100.